The van der Waals surface area contributed by atoms with Gasteiger partial charge in [-0.25, -0.2) is 0 Å². The molecule has 1 saturated heterocycles. The van der Waals surface area contributed by atoms with Gasteiger partial charge < -0.3 is 5.32 Å². The number of aromatic nitrogens is 2. The lowest BCUT2D eigenvalue weighted by Gasteiger charge is -2.31. The van der Waals surface area contributed by atoms with Gasteiger partial charge in [-0.2, -0.15) is 5.10 Å². The van der Waals surface area contributed by atoms with Gasteiger partial charge >= 0.3 is 0 Å². The predicted octanol–water partition coefficient (Wildman–Crippen LogP) is 1.54. The molecule has 1 atom stereocenters. The number of carbonyl (C=O) groups is 1. The number of likely N-dealkylation sites (tertiary alicyclic amines) is 1. The number of anilines is 1. The number of piperidine rings is 1. The van der Waals surface area contributed by atoms with Gasteiger partial charge in [-0.15, -0.1) is 0 Å². The van der Waals surface area contributed by atoms with Gasteiger partial charge in [0.15, 0.2) is 0 Å². The normalized spacial score (nSPS) is 18.6. The second-order valence-corrected chi connectivity index (χ2v) is 5.06. The Morgan fingerprint density at radius 2 is 2.06 bits per heavy atom. The highest BCUT2D eigenvalue weighted by Gasteiger charge is 2.23. The maximum atomic E-state index is 12.2. The maximum absolute atomic E-state index is 12.2. The van der Waals surface area contributed by atoms with E-state index in [-0.39, 0.29) is 11.9 Å². The first-order valence-electron chi connectivity index (χ1n) is 6.63. The lowest BCUT2D eigenvalue weighted by molar-refractivity contribution is -0.121. The summed E-state index contributed by atoms with van der Waals surface area (Å²) in [6.45, 7) is 5.94. The van der Waals surface area contributed by atoms with Gasteiger partial charge in [-0.1, -0.05) is 6.42 Å². The van der Waals surface area contributed by atoms with E-state index in [4.69, 9.17) is 0 Å². The molecule has 2 heterocycles. The molecule has 5 heteroatoms. The van der Waals surface area contributed by atoms with E-state index in [1.165, 1.54) is 19.3 Å². The Morgan fingerprint density at radius 3 is 2.61 bits per heavy atom. The van der Waals surface area contributed by atoms with Crippen molar-refractivity contribution in [2.24, 2.45) is 7.05 Å². The molecule has 0 aliphatic carbocycles. The summed E-state index contributed by atoms with van der Waals surface area (Å²) in [7, 11) is 1.86. The van der Waals surface area contributed by atoms with Crippen molar-refractivity contribution in [2.75, 3.05) is 18.4 Å². The van der Waals surface area contributed by atoms with Crippen molar-refractivity contribution in [2.45, 2.75) is 39.2 Å². The number of rotatable bonds is 3. The van der Waals surface area contributed by atoms with E-state index >= 15 is 0 Å². The average molecular weight is 250 g/mol. The lowest BCUT2D eigenvalue weighted by Crippen LogP contribution is -2.44. The summed E-state index contributed by atoms with van der Waals surface area (Å²) in [5.74, 6) is 0.0630. The second kappa shape index (κ2) is 5.52. The molecular weight excluding hydrogens is 228 g/mol. The van der Waals surface area contributed by atoms with Crippen LogP contribution in [0.2, 0.25) is 0 Å². The fourth-order valence-corrected chi connectivity index (χ4v) is 2.43. The van der Waals surface area contributed by atoms with Gasteiger partial charge in [0.1, 0.15) is 0 Å². The Morgan fingerprint density at radius 1 is 1.39 bits per heavy atom. The molecule has 0 radical (unpaired) electrons. The van der Waals surface area contributed by atoms with Crippen LogP contribution < -0.4 is 5.32 Å². The molecule has 1 aromatic rings. The third-order valence-electron chi connectivity index (χ3n) is 3.59. The molecule has 1 aromatic heterocycles. The summed E-state index contributed by atoms with van der Waals surface area (Å²) in [6, 6.07) is -0.0649. The van der Waals surface area contributed by atoms with Crippen LogP contribution in [-0.4, -0.2) is 39.7 Å². The van der Waals surface area contributed by atoms with E-state index in [1.54, 1.807) is 4.68 Å². The van der Waals surface area contributed by atoms with E-state index in [2.05, 4.69) is 15.3 Å². The molecule has 1 fully saturated rings. The smallest absolute Gasteiger partial charge is 0.241 e. The average Bonchev–Trinajstić information content (AvgIpc) is 2.68. The molecule has 0 saturated carbocycles. The van der Waals surface area contributed by atoms with Crippen LogP contribution in [0.3, 0.4) is 0 Å². The molecule has 0 bridgehead atoms. The van der Waals surface area contributed by atoms with E-state index in [1.807, 2.05) is 27.1 Å². The van der Waals surface area contributed by atoms with Gasteiger partial charge in [-0.05, 0) is 39.8 Å². The number of aryl methyl sites for hydroxylation is 2. The van der Waals surface area contributed by atoms with Crippen LogP contribution in [0, 0.1) is 6.92 Å². The first-order valence-corrected chi connectivity index (χ1v) is 6.63. The molecule has 5 nitrogen and oxygen atoms in total. The van der Waals surface area contributed by atoms with E-state index in [0.717, 1.165) is 24.5 Å². The van der Waals surface area contributed by atoms with Crippen molar-refractivity contribution in [3.63, 3.8) is 0 Å². The minimum absolute atomic E-state index is 0.0630. The third kappa shape index (κ3) is 2.90. The van der Waals surface area contributed by atoms with Crippen LogP contribution in [0.4, 0.5) is 5.69 Å². The van der Waals surface area contributed by atoms with Crippen molar-refractivity contribution in [3.05, 3.63) is 11.9 Å². The fourth-order valence-electron chi connectivity index (χ4n) is 2.43. The maximum Gasteiger partial charge on any atom is 0.241 e. The third-order valence-corrected chi connectivity index (χ3v) is 3.59. The summed E-state index contributed by atoms with van der Waals surface area (Å²) in [6.07, 6.45) is 5.52. The molecule has 1 aliphatic heterocycles. The molecule has 18 heavy (non-hydrogen) atoms. The first-order chi connectivity index (χ1) is 8.58. The van der Waals surface area contributed by atoms with Gasteiger partial charge in [0, 0.05) is 13.2 Å². The second-order valence-electron chi connectivity index (χ2n) is 5.06. The van der Waals surface area contributed by atoms with Crippen LogP contribution in [0.25, 0.3) is 0 Å². The Labute approximate surface area is 108 Å². The quantitative estimate of drug-likeness (QED) is 0.885. The van der Waals surface area contributed by atoms with Crippen LogP contribution in [-0.2, 0) is 11.8 Å². The Bertz CT molecular complexity index is 421. The van der Waals surface area contributed by atoms with Crippen LogP contribution in [0.1, 0.15) is 31.9 Å². The van der Waals surface area contributed by atoms with Crippen molar-refractivity contribution >= 4 is 11.6 Å². The highest BCUT2D eigenvalue weighted by Crippen LogP contribution is 2.15. The van der Waals surface area contributed by atoms with E-state index in [9.17, 15) is 4.79 Å². The van der Waals surface area contributed by atoms with Gasteiger partial charge in [0.05, 0.1) is 17.4 Å². The molecular formula is C13H22N4O. The van der Waals surface area contributed by atoms with Crippen LogP contribution in [0.15, 0.2) is 6.20 Å². The zero-order valence-electron chi connectivity index (χ0n) is 11.4. The summed E-state index contributed by atoms with van der Waals surface area (Å²) in [4.78, 5) is 14.4. The monoisotopic (exact) mass is 250 g/mol. The highest BCUT2D eigenvalue weighted by atomic mass is 16.2. The number of nitrogens with one attached hydrogen (secondary N) is 1. The van der Waals surface area contributed by atoms with Gasteiger partial charge in [0.25, 0.3) is 0 Å². The molecule has 0 spiro atoms. The highest BCUT2D eigenvalue weighted by molar-refractivity contribution is 5.94. The number of nitrogens with zero attached hydrogens (tertiary/aromatic N) is 3. The molecule has 1 aliphatic rings. The summed E-state index contributed by atoms with van der Waals surface area (Å²) in [5.41, 5.74) is 1.67. The molecule has 2 rings (SSSR count). The largest absolute Gasteiger partial charge is 0.322 e. The lowest BCUT2D eigenvalue weighted by atomic mass is 10.1. The Balaban J connectivity index is 1.96. The topological polar surface area (TPSA) is 50.2 Å². The van der Waals surface area contributed by atoms with Crippen molar-refractivity contribution in [1.29, 1.82) is 0 Å². The van der Waals surface area contributed by atoms with Crippen molar-refractivity contribution in [1.82, 2.24) is 14.7 Å². The van der Waals surface area contributed by atoms with E-state index in [0.29, 0.717) is 0 Å². The van der Waals surface area contributed by atoms with Crippen molar-refractivity contribution < 1.29 is 4.79 Å². The zero-order chi connectivity index (χ0) is 13.1. The first kappa shape index (κ1) is 13.1. The van der Waals surface area contributed by atoms with Crippen LogP contribution >= 0.6 is 0 Å². The number of hydrogen-bond acceptors (Lipinski definition) is 3. The summed E-state index contributed by atoms with van der Waals surface area (Å²) in [5, 5.41) is 7.19. The van der Waals surface area contributed by atoms with Gasteiger partial charge in [-0.3, -0.25) is 14.4 Å². The standard InChI is InChI=1S/C13H22N4O/c1-10-12(9-16(3)15-10)14-13(18)11(2)17-7-5-4-6-8-17/h9,11H,4-8H2,1-3H3,(H,14,18). The Hall–Kier alpha value is -1.36. The number of amides is 1. The van der Waals surface area contributed by atoms with Crippen molar-refractivity contribution in [3.8, 4) is 0 Å². The number of carbonyl (C=O) groups excluding carboxylic acids is 1. The SMILES string of the molecule is Cc1nn(C)cc1NC(=O)C(C)N1CCCCC1. The van der Waals surface area contributed by atoms with Gasteiger partial charge in [0.2, 0.25) is 5.91 Å². The molecule has 1 N–H and O–H groups in total. The minimum Gasteiger partial charge on any atom is -0.322 e. The molecule has 100 valence electrons. The summed E-state index contributed by atoms with van der Waals surface area (Å²) >= 11 is 0. The predicted molar refractivity (Wildman–Crippen MR) is 71.5 cm³/mol. The van der Waals surface area contributed by atoms with E-state index < -0.39 is 0 Å². The number of hydrogen-bond donors (Lipinski definition) is 1. The molecule has 1 unspecified atom stereocenters. The Kier molecular flexibility index (Phi) is 4.01. The summed E-state index contributed by atoms with van der Waals surface area (Å²) < 4.78 is 1.72. The molecule has 1 amide bonds. The molecule has 0 aromatic carbocycles. The van der Waals surface area contributed by atoms with Crippen LogP contribution in [0.5, 0.6) is 0 Å². The zero-order valence-corrected chi connectivity index (χ0v) is 11.4. The minimum atomic E-state index is -0.0649. The fraction of sp³-hybridized carbons (Fsp3) is 0.692.